The maximum absolute atomic E-state index is 13.3. The van der Waals surface area contributed by atoms with Crippen molar-refractivity contribution in [3.8, 4) is 5.75 Å². The van der Waals surface area contributed by atoms with E-state index < -0.39 is 0 Å². The fraction of sp³-hybridized carbons (Fsp3) is 0.130. The van der Waals surface area contributed by atoms with Crippen LogP contribution in [0, 0.1) is 0 Å². The molecule has 0 spiro atoms. The monoisotopic (exact) mass is 403 g/mol. The van der Waals surface area contributed by atoms with Crippen LogP contribution in [0.4, 0.5) is 5.69 Å². The second-order valence-electron chi connectivity index (χ2n) is 6.79. The molecule has 3 aromatic carbocycles. The van der Waals surface area contributed by atoms with Gasteiger partial charge in [-0.05, 0) is 47.6 Å². The Morgan fingerprint density at radius 2 is 1.76 bits per heavy atom. The molecule has 1 atom stereocenters. The maximum Gasteiger partial charge on any atom is 0.255 e. The van der Waals surface area contributed by atoms with E-state index in [1.165, 1.54) is 0 Å². The van der Waals surface area contributed by atoms with Crippen LogP contribution in [0.3, 0.4) is 0 Å². The number of hydrogen-bond acceptors (Lipinski definition) is 3. The van der Waals surface area contributed by atoms with E-state index in [4.69, 9.17) is 17.0 Å². The van der Waals surface area contributed by atoms with Gasteiger partial charge in [-0.1, -0.05) is 54.6 Å². The van der Waals surface area contributed by atoms with Gasteiger partial charge in [0.25, 0.3) is 5.91 Å². The minimum atomic E-state index is -0.371. The van der Waals surface area contributed by atoms with Crippen molar-refractivity contribution in [2.75, 3.05) is 12.4 Å². The van der Waals surface area contributed by atoms with Crippen molar-refractivity contribution in [3.63, 3.8) is 0 Å². The summed E-state index contributed by atoms with van der Waals surface area (Å²) in [5.41, 5.74) is 2.92. The summed E-state index contributed by atoms with van der Waals surface area (Å²) >= 11 is 5.38. The van der Waals surface area contributed by atoms with Gasteiger partial charge in [-0.3, -0.25) is 4.79 Å². The predicted molar refractivity (Wildman–Crippen MR) is 120 cm³/mol. The summed E-state index contributed by atoms with van der Waals surface area (Å²) in [6, 6.07) is 21.2. The van der Waals surface area contributed by atoms with E-state index in [1.54, 1.807) is 7.11 Å². The summed E-state index contributed by atoms with van der Waals surface area (Å²) in [7, 11) is 1.58. The van der Waals surface area contributed by atoms with Crippen LogP contribution < -0.4 is 20.7 Å². The molecular weight excluding hydrogens is 382 g/mol. The first-order chi connectivity index (χ1) is 14.1. The number of ether oxygens (including phenoxy) is 1. The van der Waals surface area contributed by atoms with E-state index in [2.05, 4.69) is 34.1 Å². The SMILES string of the molecule is COc1ccccc1NC(=O)C1=C(C)NC(=S)N[C@@H]1c1cccc2ccccc12. The van der Waals surface area contributed by atoms with Crippen LogP contribution in [-0.2, 0) is 4.79 Å². The Morgan fingerprint density at radius 3 is 2.59 bits per heavy atom. The van der Waals surface area contributed by atoms with E-state index in [-0.39, 0.29) is 11.9 Å². The Balaban J connectivity index is 1.78. The minimum Gasteiger partial charge on any atom is -0.495 e. The molecule has 1 heterocycles. The highest BCUT2D eigenvalue weighted by atomic mass is 32.1. The third-order valence-corrected chi connectivity index (χ3v) is 5.22. The molecule has 146 valence electrons. The number of carbonyl (C=O) groups excluding carboxylic acids is 1. The van der Waals surface area contributed by atoms with Crippen molar-refractivity contribution >= 4 is 39.7 Å². The Morgan fingerprint density at radius 1 is 1.03 bits per heavy atom. The summed E-state index contributed by atoms with van der Waals surface area (Å²) < 4.78 is 5.36. The molecule has 5 nitrogen and oxygen atoms in total. The number of thiocarbonyl (C=S) groups is 1. The van der Waals surface area contributed by atoms with E-state index >= 15 is 0 Å². The van der Waals surface area contributed by atoms with Gasteiger partial charge in [-0.15, -0.1) is 0 Å². The van der Waals surface area contributed by atoms with Gasteiger partial charge in [0.05, 0.1) is 24.4 Å². The number of amides is 1. The Labute approximate surface area is 174 Å². The highest BCUT2D eigenvalue weighted by molar-refractivity contribution is 7.80. The topological polar surface area (TPSA) is 62.4 Å². The molecule has 1 aliphatic heterocycles. The third kappa shape index (κ3) is 3.67. The smallest absolute Gasteiger partial charge is 0.255 e. The normalized spacial score (nSPS) is 16.2. The number of allylic oxidation sites excluding steroid dienone is 1. The Kier molecular flexibility index (Phi) is 5.18. The number of hydrogen-bond donors (Lipinski definition) is 3. The van der Waals surface area contributed by atoms with E-state index in [0.717, 1.165) is 22.0 Å². The average molecular weight is 404 g/mol. The number of nitrogens with one attached hydrogen (secondary N) is 3. The summed E-state index contributed by atoms with van der Waals surface area (Å²) in [4.78, 5) is 13.3. The van der Waals surface area contributed by atoms with Gasteiger partial charge in [0.2, 0.25) is 0 Å². The molecule has 0 saturated heterocycles. The lowest BCUT2D eigenvalue weighted by atomic mass is 9.91. The molecule has 0 fully saturated rings. The zero-order valence-electron chi connectivity index (χ0n) is 16.2. The fourth-order valence-electron chi connectivity index (χ4n) is 3.67. The van der Waals surface area contributed by atoms with Gasteiger partial charge < -0.3 is 20.7 Å². The highest BCUT2D eigenvalue weighted by Gasteiger charge is 2.31. The summed E-state index contributed by atoms with van der Waals surface area (Å²) in [6.07, 6.45) is 0. The number of para-hydroxylation sites is 2. The molecule has 1 amide bonds. The van der Waals surface area contributed by atoms with Gasteiger partial charge in [0.1, 0.15) is 5.75 Å². The Hall–Kier alpha value is -3.38. The molecular formula is C23H21N3O2S. The third-order valence-electron chi connectivity index (χ3n) is 5.00. The molecule has 0 aliphatic carbocycles. The standard InChI is InChI=1S/C23H21N3O2S/c1-14-20(22(27)25-18-12-5-6-13-19(18)28-2)21(26-23(29)24-14)17-11-7-9-15-8-3-4-10-16(15)17/h3-13,21H,1-2H3,(H,25,27)(H2,24,26,29)/t21-/m1/s1. The summed E-state index contributed by atoms with van der Waals surface area (Å²) in [6.45, 7) is 1.86. The quantitative estimate of drug-likeness (QED) is 0.568. The molecule has 3 N–H and O–H groups in total. The average Bonchev–Trinajstić information content (AvgIpc) is 2.73. The molecule has 4 rings (SSSR count). The van der Waals surface area contributed by atoms with Crippen molar-refractivity contribution in [2.24, 2.45) is 0 Å². The van der Waals surface area contributed by atoms with Crippen LogP contribution in [0.2, 0.25) is 0 Å². The molecule has 0 aromatic heterocycles. The number of rotatable bonds is 4. The number of fused-ring (bicyclic) bond motifs is 1. The van der Waals surface area contributed by atoms with Gasteiger partial charge >= 0.3 is 0 Å². The van der Waals surface area contributed by atoms with Crippen LogP contribution in [-0.4, -0.2) is 18.1 Å². The zero-order chi connectivity index (χ0) is 20.4. The molecule has 0 bridgehead atoms. The second-order valence-corrected chi connectivity index (χ2v) is 7.20. The lowest BCUT2D eigenvalue weighted by Crippen LogP contribution is -2.45. The molecule has 3 aromatic rings. The van der Waals surface area contributed by atoms with Crippen LogP contribution >= 0.6 is 12.2 Å². The van der Waals surface area contributed by atoms with Crippen LogP contribution in [0.1, 0.15) is 18.5 Å². The van der Waals surface area contributed by atoms with Crippen molar-refractivity contribution in [1.29, 1.82) is 0 Å². The lowest BCUT2D eigenvalue weighted by molar-refractivity contribution is -0.113. The van der Waals surface area contributed by atoms with Gasteiger partial charge in [-0.2, -0.15) is 0 Å². The first kappa shape index (κ1) is 19.0. The number of anilines is 1. The maximum atomic E-state index is 13.3. The van der Waals surface area contributed by atoms with E-state index in [9.17, 15) is 4.79 Å². The number of carbonyl (C=O) groups is 1. The molecule has 0 saturated carbocycles. The van der Waals surface area contributed by atoms with Crippen molar-refractivity contribution in [1.82, 2.24) is 10.6 Å². The predicted octanol–water partition coefficient (Wildman–Crippen LogP) is 4.28. The van der Waals surface area contributed by atoms with Gasteiger partial charge in [-0.25, -0.2) is 0 Å². The molecule has 6 heteroatoms. The molecule has 0 radical (unpaired) electrons. The lowest BCUT2D eigenvalue weighted by Gasteiger charge is -2.31. The largest absolute Gasteiger partial charge is 0.495 e. The Bertz CT molecular complexity index is 1130. The van der Waals surface area contributed by atoms with Crippen LogP contribution in [0.5, 0.6) is 5.75 Å². The summed E-state index contributed by atoms with van der Waals surface area (Å²) in [5.74, 6) is 0.389. The summed E-state index contributed by atoms with van der Waals surface area (Å²) in [5, 5.41) is 12.0. The van der Waals surface area contributed by atoms with Crippen molar-refractivity contribution in [3.05, 3.63) is 83.6 Å². The molecule has 29 heavy (non-hydrogen) atoms. The number of benzene rings is 3. The van der Waals surface area contributed by atoms with Crippen molar-refractivity contribution < 1.29 is 9.53 Å². The fourth-order valence-corrected chi connectivity index (χ4v) is 3.94. The van der Waals surface area contributed by atoms with Crippen molar-refractivity contribution in [2.45, 2.75) is 13.0 Å². The van der Waals surface area contributed by atoms with E-state index in [0.29, 0.717) is 22.1 Å². The van der Waals surface area contributed by atoms with E-state index in [1.807, 2.05) is 55.5 Å². The first-order valence-electron chi connectivity index (χ1n) is 9.29. The van der Waals surface area contributed by atoms with Crippen LogP contribution in [0.15, 0.2) is 78.0 Å². The van der Waals surface area contributed by atoms with Gasteiger partial charge in [0, 0.05) is 5.70 Å². The second kappa shape index (κ2) is 7.93. The molecule has 1 aliphatic rings. The van der Waals surface area contributed by atoms with Crippen LogP contribution in [0.25, 0.3) is 10.8 Å². The molecule has 0 unspecified atom stereocenters. The zero-order valence-corrected chi connectivity index (χ0v) is 17.0. The minimum absolute atomic E-state index is 0.215. The first-order valence-corrected chi connectivity index (χ1v) is 9.69. The number of methoxy groups -OCH3 is 1. The highest BCUT2D eigenvalue weighted by Crippen LogP contribution is 2.33. The van der Waals surface area contributed by atoms with Gasteiger partial charge in [0.15, 0.2) is 5.11 Å².